The number of aliphatic hydroxyl groups is 1. The van der Waals surface area contributed by atoms with Crippen LogP contribution in [0.4, 0.5) is 5.82 Å². The topological polar surface area (TPSA) is 119 Å². The molecule has 0 aliphatic rings. The van der Waals surface area contributed by atoms with Crippen molar-refractivity contribution in [3.05, 3.63) is 48.6 Å². The highest BCUT2D eigenvalue weighted by molar-refractivity contribution is 5.56. The number of aliphatic hydroxyl groups excluding tert-OH is 1. The standard InChI is InChI=1S/C14H10N6O/c15-7-11(12(21)8-16)9-19-13-3-6-18-14(20-13)10-1-4-17-5-2-10/h1-6,9,12,21H,(H,18,19,20). The Hall–Kier alpha value is -3.29. The average Bonchev–Trinajstić information content (AvgIpc) is 2.56. The summed E-state index contributed by atoms with van der Waals surface area (Å²) in [6.45, 7) is 0. The molecular formula is C14H10N6O. The second kappa shape index (κ2) is 6.75. The SMILES string of the molecule is N#CC(=CNc1ccnc(-c2ccncc2)n1)C(O)C#N. The van der Waals surface area contributed by atoms with Crippen LogP contribution in [0.15, 0.2) is 48.6 Å². The highest BCUT2D eigenvalue weighted by Gasteiger charge is 2.08. The molecule has 0 radical (unpaired) electrons. The van der Waals surface area contributed by atoms with E-state index in [-0.39, 0.29) is 5.57 Å². The van der Waals surface area contributed by atoms with Crippen LogP contribution >= 0.6 is 0 Å². The van der Waals surface area contributed by atoms with Crippen LogP contribution in [0.2, 0.25) is 0 Å². The quantitative estimate of drug-likeness (QED) is 0.637. The number of hydrogen-bond donors (Lipinski definition) is 2. The number of nitrogens with zero attached hydrogens (tertiary/aromatic N) is 5. The van der Waals surface area contributed by atoms with E-state index in [1.54, 1.807) is 48.9 Å². The largest absolute Gasteiger partial charge is 0.373 e. The van der Waals surface area contributed by atoms with E-state index in [1.165, 1.54) is 6.20 Å². The minimum atomic E-state index is -1.47. The summed E-state index contributed by atoms with van der Waals surface area (Å²) >= 11 is 0. The highest BCUT2D eigenvalue weighted by Crippen LogP contribution is 2.15. The Kier molecular flexibility index (Phi) is 4.54. The van der Waals surface area contributed by atoms with Gasteiger partial charge in [0, 0.05) is 30.4 Å². The lowest BCUT2D eigenvalue weighted by atomic mass is 10.2. The van der Waals surface area contributed by atoms with Gasteiger partial charge in [0.25, 0.3) is 0 Å². The van der Waals surface area contributed by atoms with Crippen molar-refractivity contribution in [1.29, 1.82) is 10.5 Å². The number of pyridine rings is 1. The molecule has 21 heavy (non-hydrogen) atoms. The van der Waals surface area contributed by atoms with Crippen molar-refractivity contribution in [2.75, 3.05) is 5.32 Å². The Morgan fingerprint density at radius 3 is 2.67 bits per heavy atom. The molecule has 1 atom stereocenters. The van der Waals surface area contributed by atoms with Crippen molar-refractivity contribution < 1.29 is 5.11 Å². The van der Waals surface area contributed by atoms with E-state index >= 15 is 0 Å². The van der Waals surface area contributed by atoms with Gasteiger partial charge in [0.15, 0.2) is 11.9 Å². The van der Waals surface area contributed by atoms with Crippen LogP contribution < -0.4 is 5.32 Å². The number of aromatic nitrogens is 3. The minimum Gasteiger partial charge on any atom is -0.373 e. The number of nitriles is 2. The smallest absolute Gasteiger partial charge is 0.177 e. The molecule has 0 spiro atoms. The van der Waals surface area contributed by atoms with Crippen LogP contribution in [0.3, 0.4) is 0 Å². The van der Waals surface area contributed by atoms with Crippen LogP contribution in [0.25, 0.3) is 11.4 Å². The fraction of sp³-hybridized carbons (Fsp3) is 0.0714. The van der Waals surface area contributed by atoms with Crippen LogP contribution in [-0.4, -0.2) is 26.2 Å². The molecule has 0 fully saturated rings. The van der Waals surface area contributed by atoms with E-state index in [2.05, 4.69) is 20.3 Å². The second-order valence-corrected chi connectivity index (χ2v) is 3.89. The molecule has 0 saturated heterocycles. The van der Waals surface area contributed by atoms with Crippen molar-refractivity contribution in [3.63, 3.8) is 0 Å². The third-order valence-electron chi connectivity index (χ3n) is 2.52. The maximum atomic E-state index is 9.30. The molecule has 2 N–H and O–H groups in total. The van der Waals surface area contributed by atoms with Crippen molar-refractivity contribution in [1.82, 2.24) is 15.0 Å². The zero-order valence-corrected chi connectivity index (χ0v) is 10.8. The third kappa shape index (κ3) is 3.60. The van der Waals surface area contributed by atoms with E-state index < -0.39 is 6.10 Å². The Labute approximate surface area is 120 Å². The summed E-state index contributed by atoms with van der Waals surface area (Å²) in [5.41, 5.74) is 0.705. The number of anilines is 1. The minimum absolute atomic E-state index is 0.0958. The number of rotatable bonds is 4. The molecule has 7 heteroatoms. The molecule has 2 rings (SSSR count). The molecular weight excluding hydrogens is 268 g/mol. The van der Waals surface area contributed by atoms with Crippen molar-refractivity contribution >= 4 is 5.82 Å². The van der Waals surface area contributed by atoms with Gasteiger partial charge < -0.3 is 10.4 Å². The molecule has 0 saturated carbocycles. The first kappa shape index (κ1) is 14.1. The predicted molar refractivity (Wildman–Crippen MR) is 74.2 cm³/mol. The predicted octanol–water partition coefficient (Wildman–Crippen LogP) is 1.24. The lowest BCUT2D eigenvalue weighted by molar-refractivity contribution is 0.270. The Morgan fingerprint density at radius 2 is 2.00 bits per heavy atom. The second-order valence-electron chi connectivity index (χ2n) is 3.89. The monoisotopic (exact) mass is 278 g/mol. The molecule has 0 amide bonds. The summed E-state index contributed by atoms with van der Waals surface area (Å²) in [5, 5.41) is 29.5. The zero-order chi connectivity index (χ0) is 15.1. The van der Waals surface area contributed by atoms with Gasteiger partial charge in [-0.15, -0.1) is 0 Å². The maximum Gasteiger partial charge on any atom is 0.177 e. The summed E-state index contributed by atoms with van der Waals surface area (Å²) in [5.74, 6) is 0.935. The first-order valence-electron chi connectivity index (χ1n) is 5.92. The van der Waals surface area contributed by atoms with E-state index in [1.807, 2.05) is 0 Å². The Bertz CT molecular complexity index is 729. The fourth-order valence-corrected chi connectivity index (χ4v) is 1.47. The molecule has 2 heterocycles. The van der Waals surface area contributed by atoms with Gasteiger partial charge in [-0.05, 0) is 18.2 Å². The molecule has 2 aromatic heterocycles. The zero-order valence-electron chi connectivity index (χ0n) is 10.8. The van der Waals surface area contributed by atoms with Crippen LogP contribution in [-0.2, 0) is 0 Å². The van der Waals surface area contributed by atoms with Gasteiger partial charge >= 0.3 is 0 Å². The van der Waals surface area contributed by atoms with Gasteiger partial charge in [-0.3, -0.25) is 4.98 Å². The van der Waals surface area contributed by atoms with E-state index in [0.29, 0.717) is 11.6 Å². The summed E-state index contributed by atoms with van der Waals surface area (Å²) in [6, 6.07) is 8.47. The summed E-state index contributed by atoms with van der Waals surface area (Å²) in [7, 11) is 0. The highest BCUT2D eigenvalue weighted by atomic mass is 16.3. The maximum absolute atomic E-state index is 9.30. The van der Waals surface area contributed by atoms with Crippen molar-refractivity contribution in [3.8, 4) is 23.5 Å². The average molecular weight is 278 g/mol. The van der Waals surface area contributed by atoms with Gasteiger partial charge in [0.1, 0.15) is 11.9 Å². The molecule has 7 nitrogen and oxygen atoms in total. The van der Waals surface area contributed by atoms with Crippen molar-refractivity contribution in [2.45, 2.75) is 6.10 Å². The fourth-order valence-electron chi connectivity index (χ4n) is 1.47. The third-order valence-corrected chi connectivity index (χ3v) is 2.52. The lowest BCUT2D eigenvalue weighted by Gasteiger charge is -2.04. The molecule has 1 unspecified atom stereocenters. The molecule has 0 aromatic carbocycles. The van der Waals surface area contributed by atoms with E-state index in [9.17, 15) is 5.11 Å². The van der Waals surface area contributed by atoms with Gasteiger partial charge in [-0.2, -0.15) is 10.5 Å². The van der Waals surface area contributed by atoms with E-state index in [0.717, 1.165) is 5.56 Å². The van der Waals surface area contributed by atoms with Gasteiger partial charge in [0.05, 0.1) is 11.6 Å². The molecule has 0 aliphatic carbocycles. The lowest BCUT2D eigenvalue weighted by Crippen LogP contribution is -2.07. The van der Waals surface area contributed by atoms with Gasteiger partial charge in [-0.1, -0.05) is 0 Å². The molecule has 0 aliphatic heterocycles. The molecule has 0 bridgehead atoms. The first-order chi connectivity index (χ1) is 10.2. The normalized spacial score (nSPS) is 12.0. The summed E-state index contributed by atoms with van der Waals surface area (Å²) in [4.78, 5) is 12.3. The Balaban J connectivity index is 2.22. The number of nitrogens with one attached hydrogen (secondary N) is 1. The number of hydrogen-bond acceptors (Lipinski definition) is 7. The van der Waals surface area contributed by atoms with Gasteiger partial charge in [-0.25, -0.2) is 9.97 Å². The summed E-state index contributed by atoms with van der Waals surface area (Å²) in [6.07, 6.45) is 4.60. The van der Waals surface area contributed by atoms with Crippen molar-refractivity contribution in [2.24, 2.45) is 0 Å². The Morgan fingerprint density at radius 1 is 1.24 bits per heavy atom. The first-order valence-corrected chi connectivity index (χ1v) is 5.92. The van der Waals surface area contributed by atoms with Crippen LogP contribution in [0.1, 0.15) is 0 Å². The molecule has 102 valence electrons. The molecule has 2 aromatic rings. The van der Waals surface area contributed by atoms with Gasteiger partial charge in [0.2, 0.25) is 0 Å². The van der Waals surface area contributed by atoms with E-state index in [4.69, 9.17) is 10.5 Å². The van der Waals surface area contributed by atoms with Crippen LogP contribution in [0, 0.1) is 22.7 Å². The van der Waals surface area contributed by atoms with Crippen LogP contribution in [0.5, 0.6) is 0 Å². The summed E-state index contributed by atoms with van der Waals surface area (Å²) < 4.78 is 0.